The van der Waals surface area contributed by atoms with Gasteiger partial charge in [-0.1, -0.05) is 32.0 Å². The number of nitrogens with zero attached hydrogens (tertiary/aromatic N) is 1. The summed E-state index contributed by atoms with van der Waals surface area (Å²) in [6.07, 6.45) is 0.811. The van der Waals surface area contributed by atoms with Gasteiger partial charge in [-0.05, 0) is 31.9 Å². The largest absolute Gasteiger partial charge is 0.389 e. The van der Waals surface area contributed by atoms with Crippen molar-refractivity contribution in [2.45, 2.75) is 38.8 Å². The Morgan fingerprint density at radius 1 is 1.43 bits per heavy atom. The quantitative estimate of drug-likeness (QED) is 0.846. The zero-order valence-corrected chi connectivity index (χ0v) is 13.3. The van der Waals surface area contributed by atoms with Crippen LogP contribution in [-0.2, 0) is 0 Å². The first kappa shape index (κ1) is 16.4. The second-order valence-corrected chi connectivity index (χ2v) is 6.52. The maximum atomic E-state index is 14.1. The highest BCUT2D eigenvalue weighted by Gasteiger charge is 2.33. The van der Waals surface area contributed by atoms with Crippen molar-refractivity contribution >= 4 is 0 Å². The highest BCUT2D eigenvalue weighted by Crippen LogP contribution is 2.28. The van der Waals surface area contributed by atoms with Crippen LogP contribution in [0.25, 0.3) is 0 Å². The minimum Gasteiger partial charge on any atom is -0.389 e. The smallest absolute Gasteiger partial charge is 0.127 e. The van der Waals surface area contributed by atoms with E-state index >= 15 is 0 Å². The average molecular weight is 294 g/mol. The minimum atomic E-state index is -0.578. The summed E-state index contributed by atoms with van der Waals surface area (Å²) in [6.45, 7) is 9.36. The van der Waals surface area contributed by atoms with Crippen LogP contribution < -0.4 is 5.32 Å². The van der Waals surface area contributed by atoms with Crippen LogP contribution in [0.5, 0.6) is 0 Å². The Hall–Kier alpha value is -0.970. The molecule has 21 heavy (non-hydrogen) atoms. The molecule has 118 valence electrons. The summed E-state index contributed by atoms with van der Waals surface area (Å²) in [5.41, 5.74) is 0.156. The molecule has 0 aromatic heterocycles. The van der Waals surface area contributed by atoms with Crippen molar-refractivity contribution in [1.29, 1.82) is 0 Å². The predicted octanol–water partition coefficient (Wildman–Crippen LogP) is 2.57. The van der Waals surface area contributed by atoms with Gasteiger partial charge in [0.2, 0.25) is 0 Å². The van der Waals surface area contributed by atoms with Gasteiger partial charge in [-0.3, -0.25) is 0 Å². The molecule has 4 heteroatoms. The number of benzene rings is 1. The molecule has 1 heterocycles. The third kappa shape index (κ3) is 4.25. The van der Waals surface area contributed by atoms with Crippen molar-refractivity contribution in [3.05, 3.63) is 35.6 Å². The number of β-amino-alcohol motifs (C(OH)–C–C–N with tert-alkyl or cyclic N) is 1. The van der Waals surface area contributed by atoms with Crippen LogP contribution in [0.1, 0.15) is 38.8 Å². The normalized spacial score (nSPS) is 26.0. The summed E-state index contributed by atoms with van der Waals surface area (Å²) >= 11 is 0. The Kier molecular flexibility index (Phi) is 5.36. The monoisotopic (exact) mass is 294 g/mol. The van der Waals surface area contributed by atoms with Crippen LogP contribution >= 0.6 is 0 Å². The molecule has 0 bridgehead atoms. The predicted molar refractivity (Wildman–Crippen MR) is 83.7 cm³/mol. The molecule has 0 spiro atoms. The standard InChI is InChI=1S/C17H27FN2O/c1-4-19-16(14-7-5-6-8-15(14)18)13(2)11-20-10-9-17(3,21)12-20/h5-8,13,16,19,21H,4,9-12H2,1-3H3. The van der Waals surface area contributed by atoms with Crippen LogP contribution in [-0.4, -0.2) is 41.8 Å². The third-order valence-electron chi connectivity index (χ3n) is 4.31. The summed E-state index contributed by atoms with van der Waals surface area (Å²) < 4.78 is 14.1. The van der Waals surface area contributed by atoms with E-state index < -0.39 is 5.60 Å². The first-order valence-electron chi connectivity index (χ1n) is 7.85. The number of aliphatic hydroxyl groups is 1. The Morgan fingerprint density at radius 2 is 2.14 bits per heavy atom. The van der Waals surface area contributed by atoms with E-state index in [9.17, 15) is 9.50 Å². The van der Waals surface area contributed by atoms with E-state index in [0.29, 0.717) is 6.54 Å². The third-order valence-corrected chi connectivity index (χ3v) is 4.31. The van der Waals surface area contributed by atoms with Crippen LogP contribution in [0, 0.1) is 11.7 Å². The summed E-state index contributed by atoms with van der Waals surface area (Å²) in [5, 5.41) is 13.5. The molecule has 1 aromatic rings. The number of rotatable bonds is 6. The van der Waals surface area contributed by atoms with E-state index in [2.05, 4.69) is 17.1 Å². The van der Waals surface area contributed by atoms with E-state index in [1.807, 2.05) is 26.0 Å². The van der Waals surface area contributed by atoms with E-state index in [-0.39, 0.29) is 17.8 Å². The van der Waals surface area contributed by atoms with Crippen molar-refractivity contribution in [1.82, 2.24) is 10.2 Å². The minimum absolute atomic E-state index is 0.00162. The first-order chi connectivity index (χ1) is 9.93. The molecule has 1 saturated heterocycles. The number of likely N-dealkylation sites (tertiary alicyclic amines) is 1. The molecular formula is C17H27FN2O. The molecule has 1 aliphatic heterocycles. The lowest BCUT2D eigenvalue weighted by Gasteiger charge is -2.29. The average Bonchev–Trinajstić information content (AvgIpc) is 2.76. The van der Waals surface area contributed by atoms with Crippen molar-refractivity contribution in [3.8, 4) is 0 Å². The number of nitrogens with one attached hydrogen (secondary N) is 1. The topological polar surface area (TPSA) is 35.5 Å². The number of hydrogen-bond donors (Lipinski definition) is 2. The molecule has 3 nitrogen and oxygen atoms in total. The van der Waals surface area contributed by atoms with Gasteiger partial charge in [0.25, 0.3) is 0 Å². The van der Waals surface area contributed by atoms with Gasteiger partial charge in [-0.2, -0.15) is 0 Å². The molecule has 0 radical (unpaired) electrons. The molecular weight excluding hydrogens is 267 g/mol. The van der Waals surface area contributed by atoms with Crippen molar-refractivity contribution < 1.29 is 9.50 Å². The van der Waals surface area contributed by atoms with Gasteiger partial charge in [0.15, 0.2) is 0 Å². The number of halogens is 1. The van der Waals surface area contributed by atoms with Crippen LogP contribution in [0.3, 0.4) is 0 Å². The number of hydrogen-bond acceptors (Lipinski definition) is 3. The summed E-state index contributed by atoms with van der Waals surface area (Å²) in [4.78, 5) is 2.27. The highest BCUT2D eigenvalue weighted by molar-refractivity contribution is 5.22. The summed E-state index contributed by atoms with van der Waals surface area (Å²) in [6, 6.07) is 6.99. The molecule has 3 unspecified atom stereocenters. The molecule has 0 amide bonds. The summed E-state index contributed by atoms with van der Waals surface area (Å²) in [5.74, 6) is 0.125. The lowest BCUT2D eigenvalue weighted by Crippen LogP contribution is -2.37. The van der Waals surface area contributed by atoms with Gasteiger partial charge in [-0.25, -0.2) is 4.39 Å². The Morgan fingerprint density at radius 3 is 2.71 bits per heavy atom. The fourth-order valence-electron chi connectivity index (χ4n) is 3.27. The van der Waals surface area contributed by atoms with Gasteiger partial charge in [0.05, 0.1) is 5.60 Å². The molecule has 1 fully saturated rings. The Balaban J connectivity index is 2.06. The molecule has 2 rings (SSSR count). The molecule has 1 aliphatic rings. The van der Waals surface area contributed by atoms with E-state index in [0.717, 1.165) is 31.6 Å². The maximum absolute atomic E-state index is 14.1. The molecule has 0 aliphatic carbocycles. The SMILES string of the molecule is CCNC(c1ccccc1F)C(C)CN1CCC(C)(O)C1. The zero-order valence-electron chi connectivity index (χ0n) is 13.3. The Labute approximate surface area is 127 Å². The first-order valence-corrected chi connectivity index (χ1v) is 7.85. The lowest BCUT2D eigenvalue weighted by molar-refractivity contribution is 0.0660. The van der Waals surface area contributed by atoms with Crippen LogP contribution in [0.2, 0.25) is 0 Å². The summed E-state index contributed by atoms with van der Waals surface area (Å²) in [7, 11) is 0. The van der Waals surface area contributed by atoms with E-state index in [1.165, 1.54) is 6.07 Å². The fourth-order valence-corrected chi connectivity index (χ4v) is 3.27. The Bertz CT molecular complexity index is 464. The lowest BCUT2D eigenvalue weighted by atomic mass is 9.93. The van der Waals surface area contributed by atoms with Crippen LogP contribution in [0.15, 0.2) is 24.3 Å². The second kappa shape index (κ2) is 6.86. The molecule has 1 aromatic carbocycles. The molecule has 3 atom stereocenters. The maximum Gasteiger partial charge on any atom is 0.127 e. The van der Waals surface area contributed by atoms with Gasteiger partial charge in [0, 0.05) is 31.2 Å². The van der Waals surface area contributed by atoms with E-state index in [1.54, 1.807) is 6.07 Å². The highest BCUT2D eigenvalue weighted by atomic mass is 19.1. The molecule has 2 N–H and O–H groups in total. The van der Waals surface area contributed by atoms with Crippen molar-refractivity contribution in [2.24, 2.45) is 5.92 Å². The zero-order chi connectivity index (χ0) is 15.5. The van der Waals surface area contributed by atoms with Crippen molar-refractivity contribution in [2.75, 3.05) is 26.2 Å². The van der Waals surface area contributed by atoms with Crippen molar-refractivity contribution in [3.63, 3.8) is 0 Å². The van der Waals surface area contributed by atoms with Gasteiger partial charge >= 0.3 is 0 Å². The molecule has 0 saturated carbocycles. The fraction of sp³-hybridized carbons (Fsp3) is 0.647. The van der Waals surface area contributed by atoms with Crippen LogP contribution in [0.4, 0.5) is 4.39 Å². The van der Waals surface area contributed by atoms with E-state index in [4.69, 9.17) is 0 Å². The van der Waals surface area contributed by atoms with Gasteiger partial charge in [0.1, 0.15) is 5.82 Å². The van der Waals surface area contributed by atoms with Gasteiger partial charge in [-0.15, -0.1) is 0 Å². The van der Waals surface area contributed by atoms with Gasteiger partial charge < -0.3 is 15.3 Å². The second-order valence-electron chi connectivity index (χ2n) is 6.52.